The Labute approximate surface area is 110 Å². The molecule has 1 aliphatic rings. The van der Waals surface area contributed by atoms with Gasteiger partial charge in [0.2, 0.25) is 0 Å². The number of imidazole rings is 1. The van der Waals surface area contributed by atoms with Crippen molar-refractivity contribution in [2.75, 3.05) is 6.54 Å². The molecule has 1 atom stereocenters. The van der Waals surface area contributed by atoms with E-state index in [1.807, 2.05) is 0 Å². The molecule has 1 aliphatic heterocycles. The van der Waals surface area contributed by atoms with Gasteiger partial charge in [0.05, 0.1) is 11.9 Å². The van der Waals surface area contributed by atoms with Crippen molar-refractivity contribution in [1.29, 1.82) is 0 Å². The van der Waals surface area contributed by atoms with Crippen molar-refractivity contribution < 1.29 is 8.78 Å². The molecule has 3 rings (SSSR count). The maximum atomic E-state index is 13.7. The Morgan fingerprint density at radius 1 is 1.32 bits per heavy atom. The zero-order valence-corrected chi connectivity index (χ0v) is 10.4. The van der Waals surface area contributed by atoms with Crippen molar-refractivity contribution in [2.24, 2.45) is 0 Å². The van der Waals surface area contributed by atoms with Gasteiger partial charge in [-0.25, -0.2) is 13.8 Å². The molecule has 19 heavy (non-hydrogen) atoms. The average molecular weight is 263 g/mol. The molecule has 1 aromatic carbocycles. The molecule has 0 aliphatic carbocycles. The Morgan fingerprint density at radius 3 is 2.95 bits per heavy atom. The molecule has 2 heterocycles. The summed E-state index contributed by atoms with van der Waals surface area (Å²) in [4.78, 5) is 7.37. The summed E-state index contributed by atoms with van der Waals surface area (Å²) in [6.45, 7) is 1.05. The van der Waals surface area contributed by atoms with Gasteiger partial charge in [-0.2, -0.15) is 0 Å². The highest BCUT2D eigenvalue weighted by Gasteiger charge is 2.16. The number of nitrogens with one attached hydrogen (secondary N) is 2. The summed E-state index contributed by atoms with van der Waals surface area (Å²) < 4.78 is 26.5. The van der Waals surface area contributed by atoms with Crippen molar-refractivity contribution >= 4 is 0 Å². The van der Waals surface area contributed by atoms with Gasteiger partial charge < -0.3 is 10.3 Å². The summed E-state index contributed by atoms with van der Waals surface area (Å²) in [5.41, 5.74) is 0.935. The van der Waals surface area contributed by atoms with Crippen LogP contribution in [0.2, 0.25) is 0 Å². The predicted molar refractivity (Wildman–Crippen MR) is 68.7 cm³/mol. The maximum absolute atomic E-state index is 13.7. The van der Waals surface area contributed by atoms with Crippen molar-refractivity contribution in [3.8, 4) is 11.3 Å². The van der Waals surface area contributed by atoms with Crippen LogP contribution >= 0.6 is 0 Å². The van der Waals surface area contributed by atoms with Gasteiger partial charge >= 0.3 is 0 Å². The van der Waals surface area contributed by atoms with E-state index in [-0.39, 0.29) is 0 Å². The number of aromatic nitrogens is 2. The van der Waals surface area contributed by atoms with Crippen LogP contribution in [0.3, 0.4) is 0 Å². The van der Waals surface area contributed by atoms with Crippen LogP contribution in [0.25, 0.3) is 11.3 Å². The van der Waals surface area contributed by atoms with Crippen LogP contribution in [-0.2, 0) is 6.42 Å². The Bertz CT molecular complexity index is 574. The number of hydrogen-bond donors (Lipinski definition) is 2. The lowest BCUT2D eigenvalue weighted by Crippen LogP contribution is -2.24. The molecule has 2 N–H and O–H groups in total. The Morgan fingerprint density at radius 2 is 2.21 bits per heavy atom. The number of aromatic amines is 1. The van der Waals surface area contributed by atoms with E-state index >= 15 is 0 Å². The summed E-state index contributed by atoms with van der Waals surface area (Å²) in [7, 11) is 0. The van der Waals surface area contributed by atoms with Crippen LogP contribution < -0.4 is 5.32 Å². The quantitative estimate of drug-likeness (QED) is 0.893. The summed E-state index contributed by atoms with van der Waals surface area (Å²) in [5, 5.41) is 3.39. The van der Waals surface area contributed by atoms with E-state index in [1.165, 1.54) is 18.6 Å². The monoisotopic (exact) mass is 263 g/mol. The lowest BCUT2D eigenvalue weighted by atomic mass is 10.1. The standard InChI is InChI=1S/C14H15F2N3/c15-9-3-4-11(12(16)6-9)13-8-18-14(19-13)7-10-2-1-5-17-10/h3-4,6,8,10,17H,1-2,5,7H2,(H,18,19). The van der Waals surface area contributed by atoms with Gasteiger partial charge in [-0.05, 0) is 31.5 Å². The first kappa shape index (κ1) is 12.3. The van der Waals surface area contributed by atoms with Crippen molar-refractivity contribution in [1.82, 2.24) is 15.3 Å². The molecule has 3 nitrogen and oxygen atoms in total. The molecular formula is C14H15F2N3. The van der Waals surface area contributed by atoms with E-state index in [9.17, 15) is 8.78 Å². The number of nitrogens with zero attached hydrogens (tertiary/aromatic N) is 1. The number of halogens is 2. The summed E-state index contributed by atoms with van der Waals surface area (Å²) in [6.07, 6.45) is 4.73. The molecule has 1 fully saturated rings. The van der Waals surface area contributed by atoms with Crippen LogP contribution in [-0.4, -0.2) is 22.6 Å². The molecule has 2 aromatic rings. The SMILES string of the molecule is Fc1ccc(-c2cnc(CC3CCCN3)[nH]2)c(F)c1. The highest BCUT2D eigenvalue weighted by Crippen LogP contribution is 2.22. The van der Waals surface area contributed by atoms with Crippen LogP contribution in [0.1, 0.15) is 18.7 Å². The maximum Gasteiger partial charge on any atom is 0.135 e. The third kappa shape index (κ3) is 2.66. The van der Waals surface area contributed by atoms with Crippen LogP contribution in [0.15, 0.2) is 24.4 Å². The van der Waals surface area contributed by atoms with Gasteiger partial charge in [0.25, 0.3) is 0 Å². The molecule has 100 valence electrons. The molecule has 1 aromatic heterocycles. The second-order valence-corrected chi connectivity index (χ2v) is 4.87. The Kier molecular flexibility index (Phi) is 3.29. The molecule has 0 bridgehead atoms. The second kappa shape index (κ2) is 5.09. The number of hydrogen-bond acceptors (Lipinski definition) is 2. The smallest absolute Gasteiger partial charge is 0.135 e. The third-order valence-electron chi connectivity index (χ3n) is 3.45. The van der Waals surface area contributed by atoms with E-state index in [4.69, 9.17) is 0 Å². The molecule has 0 spiro atoms. The van der Waals surface area contributed by atoms with E-state index in [2.05, 4.69) is 15.3 Å². The summed E-state index contributed by atoms with van der Waals surface area (Å²) in [5.74, 6) is -0.316. The lowest BCUT2D eigenvalue weighted by Gasteiger charge is -2.06. The van der Waals surface area contributed by atoms with Crippen molar-refractivity contribution in [3.05, 3.63) is 41.9 Å². The molecule has 0 saturated carbocycles. The van der Waals surface area contributed by atoms with Crippen LogP contribution in [0.4, 0.5) is 8.78 Å². The molecule has 1 unspecified atom stereocenters. The topological polar surface area (TPSA) is 40.7 Å². The van der Waals surface area contributed by atoms with Gasteiger partial charge in [0, 0.05) is 24.1 Å². The number of H-pyrrole nitrogens is 1. The Hall–Kier alpha value is -1.75. The van der Waals surface area contributed by atoms with Gasteiger partial charge in [0.1, 0.15) is 17.5 Å². The van der Waals surface area contributed by atoms with Gasteiger partial charge in [-0.3, -0.25) is 0 Å². The average Bonchev–Trinajstić information content (AvgIpc) is 3.01. The van der Waals surface area contributed by atoms with Crippen LogP contribution in [0.5, 0.6) is 0 Å². The van der Waals surface area contributed by atoms with Crippen molar-refractivity contribution in [2.45, 2.75) is 25.3 Å². The zero-order chi connectivity index (χ0) is 13.2. The number of rotatable bonds is 3. The van der Waals surface area contributed by atoms with Crippen LogP contribution in [0, 0.1) is 11.6 Å². The first-order chi connectivity index (χ1) is 9.22. The number of benzene rings is 1. The lowest BCUT2D eigenvalue weighted by molar-refractivity contribution is 0.584. The fourth-order valence-electron chi connectivity index (χ4n) is 2.48. The normalized spacial score (nSPS) is 18.9. The largest absolute Gasteiger partial charge is 0.342 e. The van der Waals surface area contributed by atoms with E-state index in [1.54, 1.807) is 6.20 Å². The zero-order valence-electron chi connectivity index (χ0n) is 10.4. The fraction of sp³-hybridized carbons (Fsp3) is 0.357. The highest BCUT2D eigenvalue weighted by molar-refractivity contribution is 5.59. The minimum Gasteiger partial charge on any atom is -0.342 e. The first-order valence-corrected chi connectivity index (χ1v) is 6.45. The minimum atomic E-state index is -0.575. The summed E-state index contributed by atoms with van der Waals surface area (Å²) in [6, 6.07) is 4.00. The van der Waals surface area contributed by atoms with E-state index < -0.39 is 11.6 Å². The molecule has 5 heteroatoms. The Balaban J connectivity index is 1.80. The summed E-state index contributed by atoms with van der Waals surface area (Å²) >= 11 is 0. The predicted octanol–water partition coefficient (Wildman–Crippen LogP) is 2.65. The van der Waals surface area contributed by atoms with Gasteiger partial charge in [0.15, 0.2) is 0 Å². The molecule has 0 radical (unpaired) electrons. The molecule has 0 amide bonds. The van der Waals surface area contributed by atoms with Gasteiger partial charge in [-0.1, -0.05) is 0 Å². The first-order valence-electron chi connectivity index (χ1n) is 6.45. The van der Waals surface area contributed by atoms with E-state index in [0.29, 0.717) is 17.3 Å². The minimum absolute atomic E-state index is 0.347. The highest BCUT2D eigenvalue weighted by atomic mass is 19.1. The second-order valence-electron chi connectivity index (χ2n) is 4.87. The molecule has 1 saturated heterocycles. The van der Waals surface area contributed by atoms with Crippen molar-refractivity contribution in [3.63, 3.8) is 0 Å². The fourth-order valence-corrected chi connectivity index (χ4v) is 2.48. The molecular weight excluding hydrogens is 248 g/mol. The third-order valence-corrected chi connectivity index (χ3v) is 3.45. The van der Waals surface area contributed by atoms with Gasteiger partial charge in [-0.15, -0.1) is 0 Å². The van der Waals surface area contributed by atoms with E-state index in [0.717, 1.165) is 31.3 Å².